The molecule has 4 aromatic carbocycles. The van der Waals surface area contributed by atoms with E-state index in [-0.39, 0.29) is 17.1 Å². The van der Waals surface area contributed by atoms with Crippen molar-refractivity contribution in [3.05, 3.63) is 117 Å². The van der Waals surface area contributed by atoms with Gasteiger partial charge in [0.15, 0.2) is 11.6 Å². The van der Waals surface area contributed by atoms with Crippen LogP contribution in [-0.4, -0.2) is 4.92 Å². The first-order chi connectivity index (χ1) is 20.5. The van der Waals surface area contributed by atoms with Crippen LogP contribution in [0.1, 0.15) is 22.3 Å². The Morgan fingerprint density at radius 3 is 1.49 bits per heavy atom. The van der Waals surface area contributed by atoms with Crippen LogP contribution in [0.2, 0.25) is 0 Å². The fourth-order valence-electron chi connectivity index (χ4n) is 3.43. The molecule has 0 spiro atoms. The van der Waals surface area contributed by atoms with Crippen molar-refractivity contribution in [2.45, 2.75) is 26.9 Å². The van der Waals surface area contributed by atoms with Gasteiger partial charge in [-0.25, -0.2) is 8.78 Å². The Hall–Kier alpha value is -1.21. The van der Waals surface area contributed by atoms with Gasteiger partial charge in [0.25, 0.3) is 5.69 Å². The number of benzene rings is 4. The van der Waals surface area contributed by atoms with Gasteiger partial charge in [-0.2, -0.15) is 0 Å². The summed E-state index contributed by atoms with van der Waals surface area (Å²) in [6, 6.07) is 21.5. The van der Waals surface area contributed by atoms with E-state index in [9.17, 15) is 18.9 Å². The maximum atomic E-state index is 13.9. The molecular weight excluding hydrogens is 1120 g/mol. The molecule has 8 nitrogen and oxygen atoms in total. The van der Waals surface area contributed by atoms with Crippen molar-refractivity contribution in [2.24, 2.45) is 0 Å². The molecule has 0 aromatic heterocycles. The summed E-state index contributed by atoms with van der Waals surface area (Å²) < 4.78 is 27.7. The average molecular weight is 1160 g/mol. The van der Waals surface area contributed by atoms with Gasteiger partial charge >= 0.3 is 50.5 Å². The predicted molar refractivity (Wildman–Crippen MR) is 206 cm³/mol. The van der Waals surface area contributed by atoms with E-state index in [0.717, 1.165) is 16.7 Å². The molecule has 0 saturated carbocycles. The third kappa shape index (κ3) is 13.8. The first-order valence-corrected chi connectivity index (χ1v) is 31.0. The second-order valence-corrected chi connectivity index (χ2v) is 25.0. The van der Waals surface area contributed by atoms with E-state index in [4.69, 9.17) is 17.2 Å². The molecule has 0 bridgehead atoms. The zero-order valence-electron chi connectivity index (χ0n) is 23.0. The molecule has 0 aliphatic heterocycles. The zero-order chi connectivity index (χ0) is 32.5. The molecule has 0 atom stereocenters. The minimum absolute atomic E-state index is 0.0103. The standard InChI is InChI=1S/C14H14FN3O2.C14H16FN3.I3.I2/c1-9-2-4-10(5-3-9)8-17-11-6-7-12(18(19)20)14(16)13(11)15;1-9-2-4-10(5-3-9)8-18-12-7-6-11(16)14(17)13(12)15;1-3-2;1-2/h2-7,17H,8,16H2,1H3;2-7,18H,8,16-17H2,1H3;;/q;;-1;. The van der Waals surface area contributed by atoms with Crippen LogP contribution in [0.15, 0.2) is 72.8 Å². The van der Waals surface area contributed by atoms with Crippen molar-refractivity contribution in [2.75, 3.05) is 27.8 Å². The summed E-state index contributed by atoms with van der Waals surface area (Å²) >= 11 is 9.54. The van der Waals surface area contributed by atoms with Crippen molar-refractivity contribution in [3.8, 4) is 0 Å². The molecule has 0 radical (unpaired) electrons. The van der Waals surface area contributed by atoms with Crippen molar-refractivity contribution < 1.29 is 27.0 Å². The van der Waals surface area contributed by atoms with E-state index < -0.39 is 27.9 Å². The second kappa shape index (κ2) is 21.5. The van der Waals surface area contributed by atoms with Crippen molar-refractivity contribution >= 4 is 109 Å². The van der Waals surface area contributed by atoms with Crippen molar-refractivity contribution in [1.29, 1.82) is 0 Å². The van der Waals surface area contributed by atoms with Gasteiger partial charge < -0.3 is 27.8 Å². The maximum absolute atomic E-state index is 13.9. The molecule has 43 heavy (non-hydrogen) atoms. The van der Waals surface area contributed by atoms with Gasteiger partial charge in [0.05, 0.1) is 27.7 Å². The Morgan fingerprint density at radius 1 is 0.721 bits per heavy atom. The minimum atomic E-state index is -0.800. The summed E-state index contributed by atoms with van der Waals surface area (Å²) in [6.07, 6.45) is 0. The number of nitrogens with two attached hydrogens (primary N) is 3. The Balaban J connectivity index is 0.000000376. The fraction of sp³-hybridized carbons (Fsp3) is 0.143. The Kier molecular flexibility index (Phi) is 19.9. The zero-order valence-corrected chi connectivity index (χ0v) is 33.8. The average Bonchev–Trinajstić information content (AvgIpc) is 2.99. The number of aryl methyl sites for hydroxylation is 2. The van der Waals surface area contributed by atoms with E-state index >= 15 is 0 Å². The predicted octanol–water partition coefficient (Wildman–Crippen LogP) is 6.69. The van der Waals surface area contributed by atoms with Crippen LogP contribution in [0.4, 0.5) is 42.9 Å². The van der Waals surface area contributed by atoms with E-state index in [2.05, 4.69) is 85.1 Å². The number of rotatable bonds is 7. The van der Waals surface area contributed by atoms with E-state index in [0.29, 0.717) is 32.0 Å². The van der Waals surface area contributed by atoms with E-state index in [1.165, 1.54) is 17.7 Å². The molecule has 15 heteroatoms. The van der Waals surface area contributed by atoms with E-state index in [1.807, 2.05) is 62.4 Å². The van der Waals surface area contributed by atoms with Gasteiger partial charge in [0, 0.05) is 56.4 Å². The third-order valence-electron chi connectivity index (χ3n) is 5.77. The summed E-state index contributed by atoms with van der Waals surface area (Å²) in [5.41, 5.74) is 20.7. The number of nitrogen functional groups attached to an aromatic ring is 3. The third-order valence-corrected chi connectivity index (χ3v) is 5.77. The van der Waals surface area contributed by atoms with Crippen LogP contribution < -0.4 is 41.1 Å². The molecule has 8 N–H and O–H groups in total. The van der Waals surface area contributed by atoms with Gasteiger partial charge in [-0.05, 0) is 43.2 Å². The van der Waals surface area contributed by atoms with Gasteiger partial charge in [-0.15, -0.1) is 0 Å². The number of nitrogens with zero attached hydrogens (tertiary/aromatic N) is 1. The number of hydrogen-bond acceptors (Lipinski definition) is 7. The Labute approximate surface area is 303 Å². The summed E-state index contributed by atoms with van der Waals surface area (Å²) in [5, 5.41) is 16.5. The normalized spacial score (nSPS) is 9.77. The number of nitro benzene ring substituents is 1. The van der Waals surface area contributed by atoms with Crippen LogP contribution in [0.3, 0.4) is 0 Å². The molecule has 0 fully saturated rings. The fourth-order valence-corrected chi connectivity index (χ4v) is 3.43. The second-order valence-electron chi connectivity index (χ2n) is 8.78. The SMILES string of the molecule is Cc1ccc(CNc2ccc(N)c(N)c2F)cc1.Cc1ccc(CNc2ccc([N+](=O)[O-])c(N)c2F)cc1.II.I[I-]I. The number of hydrogen-bond donors (Lipinski definition) is 5. The van der Waals surface area contributed by atoms with Crippen LogP contribution in [0.5, 0.6) is 0 Å². The Bertz CT molecular complexity index is 1450. The first kappa shape index (κ1) is 39.8. The number of halogens is 7. The van der Waals surface area contributed by atoms with Crippen molar-refractivity contribution in [3.63, 3.8) is 0 Å². The molecule has 4 aromatic rings. The van der Waals surface area contributed by atoms with Crippen LogP contribution >= 0.6 is 74.5 Å². The molecule has 234 valence electrons. The van der Waals surface area contributed by atoms with E-state index in [1.54, 1.807) is 12.1 Å². The first-order valence-electron chi connectivity index (χ1n) is 12.1. The quantitative estimate of drug-likeness (QED) is 0.0601. The van der Waals surface area contributed by atoms with Gasteiger partial charge in [0.2, 0.25) is 0 Å². The van der Waals surface area contributed by atoms with Crippen LogP contribution in [0, 0.1) is 35.6 Å². The molecule has 0 amide bonds. The monoisotopic (exact) mass is 1150 g/mol. The molecule has 0 unspecified atom stereocenters. The number of anilines is 5. The number of nitro groups is 1. The van der Waals surface area contributed by atoms with Crippen LogP contribution in [0.25, 0.3) is 0 Å². The molecule has 0 aliphatic rings. The summed E-state index contributed by atoms with van der Waals surface area (Å²) in [6.45, 7) is 4.96. The van der Waals surface area contributed by atoms with Crippen LogP contribution in [-0.2, 0) is 13.1 Å². The van der Waals surface area contributed by atoms with Gasteiger partial charge in [0.1, 0.15) is 5.69 Å². The Morgan fingerprint density at radius 2 is 1.09 bits per heavy atom. The molecule has 0 heterocycles. The molecule has 0 saturated heterocycles. The van der Waals surface area contributed by atoms with Gasteiger partial charge in [-0.3, -0.25) is 10.1 Å². The summed E-state index contributed by atoms with van der Waals surface area (Å²) in [7, 11) is 0. The van der Waals surface area contributed by atoms with Gasteiger partial charge in [-0.1, -0.05) is 59.7 Å². The summed E-state index contributed by atoms with van der Waals surface area (Å²) in [4.78, 5) is 9.93. The number of nitrogens with one attached hydrogen (secondary N) is 2. The molecule has 0 aliphatic carbocycles. The molecule has 4 rings (SSSR count). The topological polar surface area (TPSA) is 145 Å². The summed E-state index contributed by atoms with van der Waals surface area (Å²) in [5.74, 6) is -1.30. The van der Waals surface area contributed by atoms with Crippen molar-refractivity contribution in [1.82, 2.24) is 0 Å². The molecular formula is C28H30F2I5N6O2-.